The van der Waals surface area contributed by atoms with Crippen molar-refractivity contribution in [2.24, 2.45) is 0 Å². The first kappa shape index (κ1) is 20.6. The van der Waals surface area contributed by atoms with Gasteiger partial charge in [0.05, 0.1) is 18.2 Å². The summed E-state index contributed by atoms with van der Waals surface area (Å²) in [6, 6.07) is 6.28. The number of rotatable bonds is 8. The summed E-state index contributed by atoms with van der Waals surface area (Å²) >= 11 is 0. The highest BCUT2D eigenvalue weighted by atomic mass is 19.1. The number of carbonyl (C=O) groups is 2. The Balaban J connectivity index is 1.84. The van der Waals surface area contributed by atoms with E-state index in [1.54, 1.807) is 23.1 Å². The highest BCUT2D eigenvalue weighted by Gasteiger charge is 2.21. The third-order valence-corrected chi connectivity index (χ3v) is 3.99. The first-order valence-electron chi connectivity index (χ1n) is 8.96. The van der Waals surface area contributed by atoms with Crippen LogP contribution in [0.4, 0.5) is 4.39 Å². The van der Waals surface area contributed by atoms with Crippen molar-refractivity contribution < 1.29 is 23.1 Å². The highest BCUT2D eigenvalue weighted by molar-refractivity contribution is 5.81. The Labute approximate surface area is 158 Å². The van der Waals surface area contributed by atoms with Crippen LogP contribution >= 0.6 is 0 Å². The van der Waals surface area contributed by atoms with Gasteiger partial charge in [-0.15, -0.1) is 0 Å². The fourth-order valence-corrected chi connectivity index (χ4v) is 2.88. The van der Waals surface area contributed by atoms with Gasteiger partial charge in [-0.3, -0.25) is 9.59 Å². The maximum Gasteiger partial charge on any atom is 0.306 e. The molecule has 1 aromatic heterocycles. The van der Waals surface area contributed by atoms with Crippen LogP contribution in [-0.4, -0.2) is 40.5 Å². The molecule has 7 heteroatoms. The standard InChI is InChI=1S/C20H25FN2O4/c1-13(2)23(14(3)4)19(24)12-26-20(25)10-9-18-22-11-17(27-18)15-7-5-6-8-16(15)21/h5-8,11,13-14H,9-10,12H2,1-4H3. The summed E-state index contributed by atoms with van der Waals surface area (Å²) in [6.45, 7) is 7.36. The minimum Gasteiger partial charge on any atom is -0.456 e. The van der Waals surface area contributed by atoms with Gasteiger partial charge < -0.3 is 14.1 Å². The lowest BCUT2D eigenvalue weighted by molar-refractivity contribution is -0.153. The van der Waals surface area contributed by atoms with Crippen molar-refractivity contribution in [1.29, 1.82) is 0 Å². The predicted octanol–water partition coefficient (Wildman–Crippen LogP) is 3.60. The maximum absolute atomic E-state index is 13.8. The molecule has 1 aromatic carbocycles. The van der Waals surface area contributed by atoms with E-state index in [9.17, 15) is 14.0 Å². The van der Waals surface area contributed by atoms with Gasteiger partial charge in [0.15, 0.2) is 18.3 Å². The molecule has 0 aliphatic carbocycles. The van der Waals surface area contributed by atoms with Gasteiger partial charge in [-0.05, 0) is 39.8 Å². The molecule has 0 saturated heterocycles. The van der Waals surface area contributed by atoms with E-state index in [1.165, 1.54) is 12.3 Å². The molecular formula is C20H25FN2O4. The van der Waals surface area contributed by atoms with Crippen molar-refractivity contribution >= 4 is 11.9 Å². The summed E-state index contributed by atoms with van der Waals surface area (Å²) in [4.78, 5) is 29.8. The lowest BCUT2D eigenvalue weighted by Crippen LogP contribution is -2.44. The molecule has 0 atom stereocenters. The second-order valence-corrected chi connectivity index (χ2v) is 6.75. The highest BCUT2D eigenvalue weighted by Crippen LogP contribution is 2.23. The molecule has 2 aromatic rings. The Hall–Kier alpha value is -2.70. The van der Waals surface area contributed by atoms with Gasteiger partial charge in [-0.2, -0.15) is 0 Å². The van der Waals surface area contributed by atoms with Gasteiger partial charge in [-0.25, -0.2) is 9.37 Å². The second kappa shape index (κ2) is 9.30. The molecule has 146 valence electrons. The Bertz CT molecular complexity index is 778. The monoisotopic (exact) mass is 376 g/mol. The minimum absolute atomic E-state index is 0.0217. The van der Waals surface area contributed by atoms with Gasteiger partial charge in [0.2, 0.25) is 0 Å². The largest absolute Gasteiger partial charge is 0.456 e. The number of esters is 1. The van der Waals surface area contributed by atoms with Gasteiger partial charge >= 0.3 is 5.97 Å². The second-order valence-electron chi connectivity index (χ2n) is 6.75. The zero-order chi connectivity index (χ0) is 20.0. The number of hydrogen-bond acceptors (Lipinski definition) is 5. The van der Waals surface area contributed by atoms with Crippen molar-refractivity contribution in [3.05, 3.63) is 42.2 Å². The first-order chi connectivity index (χ1) is 12.8. The number of amides is 1. The topological polar surface area (TPSA) is 72.6 Å². The maximum atomic E-state index is 13.8. The predicted molar refractivity (Wildman–Crippen MR) is 98.3 cm³/mol. The Morgan fingerprint density at radius 3 is 2.48 bits per heavy atom. The first-order valence-corrected chi connectivity index (χ1v) is 8.96. The van der Waals surface area contributed by atoms with Crippen LogP contribution in [0.2, 0.25) is 0 Å². The van der Waals surface area contributed by atoms with Crippen molar-refractivity contribution in [3.63, 3.8) is 0 Å². The van der Waals surface area contributed by atoms with Crippen LogP contribution < -0.4 is 0 Å². The molecule has 0 unspecified atom stereocenters. The van der Waals surface area contributed by atoms with E-state index in [1.807, 2.05) is 27.7 Å². The quantitative estimate of drug-likeness (QED) is 0.658. The van der Waals surface area contributed by atoms with Crippen molar-refractivity contribution in [2.75, 3.05) is 6.61 Å². The number of halogens is 1. The minimum atomic E-state index is -0.513. The third-order valence-electron chi connectivity index (χ3n) is 3.99. The zero-order valence-corrected chi connectivity index (χ0v) is 16.1. The van der Waals surface area contributed by atoms with E-state index >= 15 is 0 Å². The molecular weight excluding hydrogens is 351 g/mol. The number of carbonyl (C=O) groups excluding carboxylic acids is 2. The molecule has 0 aliphatic rings. The van der Waals surface area contributed by atoms with Crippen LogP contribution in [0.5, 0.6) is 0 Å². The van der Waals surface area contributed by atoms with E-state index in [-0.39, 0.29) is 37.4 Å². The van der Waals surface area contributed by atoms with E-state index < -0.39 is 11.8 Å². The average molecular weight is 376 g/mol. The number of aryl methyl sites for hydroxylation is 1. The molecule has 0 spiro atoms. The summed E-state index contributed by atoms with van der Waals surface area (Å²) in [7, 11) is 0. The normalized spacial score (nSPS) is 11.1. The lowest BCUT2D eigenvalue weighted by atomic mass is 10.2. The molecule has 0 N–H and O–H groups in total. The molecule has 0 bridgehead atoms. The Morgan fingerprint density at radius 1 is 1.19 bits per heavy atom. The molecule has 2 rings (SSSR count). The summed E-state index contributed by atoms with van der Waals surface area (Å²) in [5.74, 6) is -0.538. The summed E-state index contributed by atoms with van der Waals surface area (Å²) in [5.41, 5.74) is 0.312. The molecule has 0 aliphatic heterocycles. The molecule has 1 amide bonds. The van der Waals surface area contributed by atoms with Crippen LogP contribution in [0, 0.1) is 5.82 Å². The van der Waals surface area contributed by atoms with Gasteiger partial charge in [0.25, 0.3) is 5.91 Å². The summed E-state index contributed by atoms with van der Waals surface area (Å²) in [6.07, 6.45) is 1.65. The smallest absolute Gasteiger partial charge is 0.306 e. The van der Waals surface area contributed by atoms with Crippen LogP contribution in [0.25, 0.3) is 11.3 Å². The van der Waals surface area contributed by atoms with Gasteiger partial charge in [0.1, 0.15) is 5.82 Å². The number of aromatic nitrogens is 1. The molecule has 1 heterocycles. The third kappa shape index (κ3) is 5.64. The fraction of sp³-hybridized carbons (Fsp3) is 0.450. The fourth-order valence-electron chi connectivity index (χ4n) is 2.88. The Kier molecular flexibility index (Phi) is 7.10. The number of benzene rings is 1. The van der Waals surface area contributed by atoms with Crippen molar-refractivity contribution in [1.82, 2.24) is 9.88 Å². The van der Waals surface area contributed by atoms with E-state index in [2.05, 4.69) is 4.98 Å². The summed E-state index contributed by atoms with van der Waals surface area (Å²) < 4.78 is 24.3. The van der Waals surface area contributed by atoms with E-state index in [4.69, 9.17) is 9.15 Å². The van der Waals surface area contributed by atoms with Gasteiger partial charge in [0, 0.05) is 18.5 Å². The lowest BCUT2D eigenvalue weighted by Gasteiger charge is -2.30. The molecule has 6 nitrogen and oxygen atoms in total. The van der Waals surface area contributed by atoms with Crippen LogP contribution in [0.3, 0.4) is 0 Å². The van der Waals surface area contributed by atoms with Crippen molar-refractivity contribution in [2.45, 2.75) is 52.6 Å². The number of oxazole rings is 1. The Morgan fingerprint density at radius 2 is 1.85 bits per heavy atom. The van der Waals surface area contributed by atoms with Crippen LogP contribution in [0.1, 0.15) is 40.0 Å². The van der Waals surface area contributed by atoms with Gasteiger partial charge in [-0.1, -0.05) is 12.1 Å². The summed E-state index contributed by atoms with van der Waals surface area (Å²) in [5, 5.41) is 0. The van der Waals surface area contributed by atoms with E-state index in [0.717, 1.165) is 0 Å². The zero-order valence-electron chi connectivity index (χ0n) is 16.1. The number of ether oxygens (including phenoxy) is 1. The molecule has 27 heavy (non-hydrogen) atoms. The molecule has 0 fully saturated rings. The van der Waals surface area contributed by atoms with Crippen LogP contribution in [-0.2, 0) is 20.7 Å². The molecule has 0 radical (unpaired) electrons. The SMILES string of the molecule is CC(C)N(C(=O)COC(=O)CCc1ncc(-c2ccccc2F)o1)C(C)C. The number of hydrogen-bond donors (Lipinski definition) is 0. The van der Waals surface area contributed by atoms with E-state index in [0.29, 0.717) is 17.2 Å². The number of nitrogens with zero attached hydrogens (tertiary/aromatic N) is 2. The average Bonchev–Trinajstić information content (AvgIpc) is 3.06. The van der Waals surface area contributed by atoms with Crippen molar-refractivity contribution in [3.8, 4) is 11.3 Å². The van der Waals surface area contributed by atoms with Crippen LogP contribution in [0.15, 0.2) is 34.9 Å². The molecule has 0 saturated carbocycles.